The van der Waals surface area contributed by atoms with Crippen molar-refractivity contribution in [2.24, 2.45) is 0 Å². The van der Waals surface area contributed by atoms with Gasteiger partial charge in [0.15, 0.2) is 0 Å². The van der Waals surface area contributed by atoms with Crippen LogP contribution in [0, 0.1) is 0 Å². The van der Waals surface area contributed by atoms with E-state index in [0.717, 1.165) is 12.1 Å². The summed E-state index contributed by atoms with van der Waals surface area (Å²) in [6.45, 7) is 1.33. The fourth-order valence-corrected chi connectivity index (χ4v) is 2.40. The SMILES string of the molecule is COc1cc(NC(=O)Nc2ccc(Cl)c(C(F)(F)F)c2)ccc1NC(C)=O. The zero-order chi connectivity index (χ0) is 20.2. The van der Waals surface area contributed by atoms with Gasteiger partial charge in [-0.1, -0.05) is 11.6 Å². The molecule has 0 unspecified atom stereocenters. The number of hydrogen-bond donors (Lipinski definition) is 3. The molecule has 0 saturated heterocycles. The highest BCUT2D eigenvalue weighted by Crippen LogP contribution is 2.36. The topological polar surface area (TPSA) is 79.5 Å². The Bertz CT molecular complexity index is 872. The van der Waals surface area contributed by atoms with E-state index in [0.29, 0.717) is 17.1 Å². The summed E-state index contributed by atoms with van der Waals surface area (Å²) in [5, 5.41) is 6.85. The Morgan fingerprint density at radius 3 is 2.15 bits per heavy atom. The molecule has 0 atom stereocenters. The Balaban J connectivity index is 2.13. The quantitative estimate of drug-likeness (QED) is 0.676. The Morgan fingerprint density at radius 2 is 1.59 bits per heavy atom. The van der Waals surface area contributed by atoms with Crippen LogP contribution in [0.3, 0.4) is 0 Å². The zero-order valence-corrected chi connectivity index (χ0v) is 15.0. The van der Waals surface area contributed by atoms with E-state index in [1.165, 1.54) is 38.3 Å². The van der Waals surface area contributed by atoms with Crippen LogP contribution in [0.25, 0.3) is 0 Å². The lowest BCUT2D eigenvalue weighted by Crippen LogP contribution is -2.20. The van der Waals surface area contributed by atoms with E-state index in [9.17, 15) is 22.8 Å². The van der Waals surface area contributed by atoms with E-state index in [4.69, 9.17) is 16.3 Å². The summed E-state index contributed by atoms with van der Waals surface area (Å²) >= 11 is 5.54. The maximum Gasteiger partial charge on any atom is 0.417 e. The van der Waals surface area contributed by atoms with Gasteiger partial charge in [0, 0.05) is 24.4 Å². The van der Waals surface area contributed by atoms with Gasteiger partial charge in [0.1, 0.15) is 5.75 Å². The predicted octanol–water partition coefficient (Wildman–Crippen LogP) is 4.97. The number of amides is 3. The summed E-state index contributed by atoms with van der Waals surface area (Å²) in [6.07, 6.45) is -4.64. The van der Waals surface area contributed by atoms with Crippen molar-refractivity contribution in [3.8, 4) is 5.75 Å². The monoisotopic (exact) mass is 401 g/mol. The maximum absolute atomic E-state index is 12.9. The number of carbonyl (C=O) groups is 2. The first-order valence-electron chi connectivity index (χ1n) is 7.50. The Morgan fingerprint density at radius 1 is 1.00 bits per heavy atom. The van der Waals surface area contributed by atoms with Gasteiger partial charge in [-0.2, -0.15) is 13.2 Å². The maximum atomic E-state index is 12.9. The largest absolute Gasteiger partial charge is 0.494 e. The van der Waals surface area contributed by atoms with E-state index in [2.05, 4.69) is 16.0 Å². The van der Waals surface area contributed by atoms with Crippen molar-refractivity contribution in [1.82, 2.24) is 0 Å². The number of carbonyl (C=O) groups excluding carboxylic acids is 2. The number of halogens is 4. The normalized spacial score (nSPS) is 10.9. The average molecular weight is 402 g/mol. The molecular weight excluding hydrogens is 387 g/mol. The first-order valence-corrected chi connectivity index (χ1v) is 7.88. The Hall–Kier alpha value is -2.94. The third-order valence-corrected chi connectivity index (χ3v) is 3.63. The summed E-state index contributed by atoms with van der Waals surface area (Å²) < 4.78 is 43.7. The summed E-state index contributed by atoms with van der Waals surface area (Å²) in [5.41, 5.74) is -0.415. The first kappa shape index (κ1) is 20.4. The number of rotatable bonds is 4. The average Bonchev–Trinajstić information content (AvgIpc) is 2.56. The standard InChI is InChI=1S/C17H15ClF3N3O3/c1-9(25)22-14-6-4-11(8-15(14)27-2)24-16(26)23-10-3-5-13(18)12(7-10)17(19,20)21/h3-8H,1-2H3,(H,22,25)(H2,23,24,26). The van der Waals surface area contributed by atoms with Gasteiger partial charge in [0.05, 0.1) is 23.4 Å². The van der Waals surface area contributed by atoms with Crippen molar-refractivity contribution >= 4 is 40.6 Å². The molecule has 3 N–H and O–H groups in total. The first-order chi connectivity index (χ1) is 12.6. The van der Waals surface area contributed by atoms with Gasteiger partial charge in [-0.25, -0.2) is 4.79 Å². The van der Waals surface area contributed by atoms with E-state index >= 15 is 0 Å². The number of anilines is 3. The van der Waals surface area contributed by atoms with Gasteiger partial charge in [-0.15, -0.1) is 0 Å². The molecule has 144 valence electrons. The summed E-state index contributed by atoms with van der Waals surface area (Å²) in [4.78, 5) is 23.2. The van der Waals surface area contributed by atoms with E-state index in [1.54, 1.807) is 0 Å². The van der Waals surface area contributed by atoms with Gasteiger partial charge in [0.2, 0.25) is 5.91 Å². The van der Waals surface area contributed by atoms with Crippen LogP contribution in [0.5, 0.6) is 5.75 Å². The molecule has 6 nitrogen and oxygen atoms in total. The molecule has 27 heavy (non-hydrogen) atoms. The molecule has 0 spiro atoms. The van der Waals surface area contributed by atoms with E-state index < -0.39 is 22.8 Å². The highest BCUT2D eigenvalue weighted by Gasteiger charge is 2.33. The van der Waals surface area contributed by atoms with Gasteiger partial charge in [0.25, 0.3) is 0 Å². The molecule has 2 aromatic rings. The molecule has 0 saturated carbocycles. The number of nitrogens with one attached hydrogen (secondary N) is 3. The minimum absolute atomic E-state index is 0.0777. The van der Waals surface area contributed by atoms with Crippen LogP contribution in [0.4, 0.5) is 35.0 Å². The lowest BCUT2D eigenvalue weighted by molar-refractivity contribution is -0.137. The second-order valence-corrected chi connectivity index (χ2v) is 5.77. The predicted molar refractivity (Wildman–Crippen MR) is 96.4 cm³/mol. The Kier molecular flexibility index (Phi) is 6.17. The van der Waals surface area contributed by atoms with Crippen molar-refractivity contribution in [2.75, 3.05) is 23.1 Å². The van der Waals surface area contributed by atoms with Crippen LogP contribution in [-0.4, -0.2) is 19.0 Å². The highest BCUT2D eigenvalue weighted by atomic mass is 35.5. The fraction of sp³-hybridized carbons (Fsp3) is 0.176. The highest BCUT2D eigenvalue weighted by molar-refractivity contribution is 6.31. The molecule has 0 bridgehead atoms. The molecule has 0 heterocycles. The van der Waals surface area contributed by atoms with Crippen LogP contribution < -0.4 is 20.7 Å². The molecule has 0 radical (unpaired) electrons. The molecular formula is C17H15ClF3N3O3. The van der Waals surface area contributed by atoms with Gasteiger partial charge in [-0.05, 0) is 30.3 Å². The fourth-order valence-electron chi connectivity index (χ4n) is 2.18. The van der Waals surface area contributed by atoms with Crippen molar-refractivity contribution in [3.05, 3.63) is 47.0 Å². The molecule has 10 heteroatoms. The van der Waals surface area contributed by atoms with Crippen molar-refractivity contribution in [1.29, 1.82) is 0 Å². The molecule has 0 aromatic heterocycles. The van der Waals surface area contributed by atoms with Gasteiger partial charge >= 0.3 is 12.2 Å². The van der Waals surface area contributed by atoms with Crippen LogP contribution in [0.2, 0.25) is 5.02 Å². The smallest absolute Gasteiger partial charge is 0.417 e. The zero-order valence-electron chi connectivity index (χ0n) is 14.2. The number of ether oxygens (including phenoxy) is 1. The molecule has 2 rings (SSSR count). The van der Waals surface area contributed by atoms with E-state index in [1.807, 2.05) is 0 Å². The van der Waals surface area contributed by atoms with Crippen LogP contribution >= 0.6 is 11.6 Å². The van der Waals surface area contributed by atoms with Crippen molar-refractivity contribution in [2.45, 2.75) is 13.1 Å². The van der Waals surface area contributed by atoms with Crippen molar-refractivity contribution in [3.63, 3.8) is 0 Å². The minimum atomic E-state index is -4.64. The van der Waals surface area contributed by atoms with Crippen LogP contribution in [0.15, 0.2) is 36.4 Å². The molecule has 0 fully saturated rings. The van der Waals surface area contributed by atoms with Gasteiger partial charge < -0.3 is 20.7 Å². The van der Waals surface area contributed by atoms with Gasteiger partial charge in [-0.3, -0.25) is 4.79 Å². The number of alkyl halides is 3. The third kappa shape index (κ3) is 5.52. The minimum Gasteiger partial charge on any atom is -0.494 e. The molecule has 0 aliphatic carbocycles. The summed E-state index contributed by atoms with van der Waals surface area (Å²) in [6, 6.07) is 6.73. The molecule has 0 aliphatic rings. The molecule has 0 aliphatic heterocycles. The van der Waals surface area contributed by atoms with Crippen LogP contribution in [0.1, 0.15) is 12.5 Å². The summed E-state index contributed by atoms with van der Waals surface area (Å²) in [5.74, 6) is 0.00353. The second kappa shape index (κ2) is 8.17. The van der Waals surface area contributed by atoms with Crippen molar-refractivity contribution < 1.29 is 27.5 Å². The second-order valence-electron chi connectivity index (χ2n) is 5.37. The van der Waals surface area contributed by atoms with E-state index in [-0.39, 0.29) is 11.6 Å². The lowest BCUT2D eigenvalue weighted by Gasteiger charge is -2.14. The molecule has 3 amide bonds. The summed E-state index contributed by atoms with van der Waals surface area (Å²) in [7, 11) is 1.39. The Labute approximate surface area is 157 Å². The number of hydrogen-bond acceptors (Lipinski definition) is 3. The van der Waals surface area contributed by atoms with Crippen LogP contribution in [-0.2, 0) is 11.0 Å². The third-order valence-electron chi connectivity index (χ3n) is 3.30. The molecule has 2 aromatic carbocycles. The number of urea groups is 1. The lowest BCUT2D eigenvalue weighted by atomic mass is 10.2. The number of methoxy groups -OCH3 is 1. The number of benzene rings is 2.